The molecule has 0 atom stereocenters. The Labute approximate surface area is 109 Å². The fourth-order valence-electron chi connectivity index (χ4n) is 1.49. The summed E-state index contributed by atoms with van der Waals surface area (Å²) in [7, 11) is 0. The SMILES string of the molecule is CC#CCC(=O)N(CC#CC)Cc1ccccc1. The minimum atomic E-state index is 0.0240. The Hall–Kier alpha value is -2.19. The largest absolute Gasteiger partial charge is 0.326 e. The van der Waals surface area contributed by atoms with Crippen LogP contribution in [0.3, 0.4) is 0 Å². The van der Waals surface area contributed by atoms with Crippen molar-refractivity contribution < 1.29 is 4.79 Å². The second-order valence-electron chi connectivity index (χ2n) is 3.77. The predicted octanol–water partition coefficient (Wildman–Crippen LogP) is 2.45. The molecule has 0 saturated carbocycles. The van der Waals surface area contributed by atoms with E-state index in [2.05, 4.69) is 23.7 Å². The monoisotopic (exact) mass is 239 g/mol. The van der Waals surface area contributed by atoms with Gasteiger partial charge in [0.1, 0.15) is 0 Å². The Morgan fingerprint density at radius 3 is 2.39 bits per heavy atom. The Morgan fingerprint density at radius 2 is 1.78 bits per heavy atom. The Balaban J connectivity index is 2.73. The van der Waals surface area contributed by atoms with Crippen molar-refractivity contribution in [3.8, 4) is 23.7 Å². The van der Waals surface area contributed by atoms with Gasteiger partial charge in [0.25, 0.3) is 0 Å². The molecule has 0 radical (unpaired) electrons. The minimum absolute atomic E-state index is 0.0240. The van der Waals surface area contributed by atoms with Gasteiger partial charge in [-0.05, 0) is 19.4 Å². The number of amides is 1. The van der Waals surface area contributed by atoms with E-state index < -0.39 is 0 Å². The molecule has 0 aliphatic heterocycles. The average molecular weight is 239 g/mol. The van der Waals surface area contributed by atoms with Gasteiger partial charge in [0.05, 0.1) is 13.0 Å². The molecule has 1 aromatic carbocycles. The summed E-state index contributed by atoms with van der Waals surface area (Å²) in [5.41, 5.74) is 1.10. The van der Waals surface area contributed by atoms with Crippen LogP contribution in [-0.4, -0.2) is 17.4 Å². The first-order valence-corrected chi connectivity index (χ1v) is 5.89. The number of hydrogen-bond acceptors (Lipinski definition) is 1. The summed E-state index contributed by atoms with van der Waals surface area (Å²) in [5.74, 6) is 11.3. The normalized spacial score (nSPS) is 8.56. The van der Waals surface area contributed by atoms with E-state index in [9.17, 15) is 4.79 Å². The van der Waals surface area contributed by atoms with Crippen LogP contribution in [0.1, 0.15) is 25.8 Å². The number of benzene rings is 1. The van der Waals surface area contributed by atoms with E-state index in [1.54, 1.807) is 18.7 Å². The standard InChI is InChI=1S/C16H17NO/c1-3-5-12-16(18)17(13-6-4-2)14-15-10-8-7-9-11-15/h7-11H,12-14H2,1-2H3. The summed E-state index contributed by atoms with van der Waals surface area (Å²) in [6, 6.07) is 9.91. The summed E-state index contributed by atoms with van der Waals surface area (Å²) in [6.45, 7) is 4.55. The van der Waals surface area contributed by atoms with E-state index in [0.29, 0.717) is 13.1 Å². The van der Waals surface area contributed by atoms with E-state index in [0.717, 1.165) is 5.56 Å². The fourth-order valence-corrected chi connectivity index (χ4v) is 1.49. The molecule has 0 saturated heterocycles. The van der Waals surface area contributed by atoms with Gasteiger partial charge in [-0.2, -0.15) is 0 Å². The van der Waals surface area contributed by atoms with Gasteiger partial charge in [-0.1, -0.05) is 42.2 Å². The minimum Gasteiger partial charge on any atom is -0.326 e. The second kappa shape index (κ2) is 7.98. The summed E-state index contributed by atoms with van der Waals surface area (Å²) in [4.78, 5) is 13.7. The zero-order valence-electron chi connectivity index (χ0n) is 10.9. The highest BCUT2D eigenvalue weighted by molar-refractivity contribution is 5.79. The van der Waals surface area contributed by atoms with Gasteiger partial charge < -0.3 is 4.90 Å². The number of carbonyl (C=O) groups excluding carboxylic acids is 1. The van der Waals surface area contributed by atoms with E-state index in [1.165, 1.54) is 0 Å². The third kappa shape index (κ3) is 4.76. The first-order valence-electron chi connectivity index (χ1n) is 5.89. The lowest BCUT2D eigenvalue weighted by Gasteiger charge is -2.19. The fraction of sp³-hybridized carbons (Fsp3) is 0.312. The summed E-state index contributed by atoms with van der Waals surface area (Å²) < 4.78 is 0. The predicted molar refractivity (Wildman–Crippen MR) is 73.4 cm³/mol. The van der Waals surface area contributed by atoms with E-state index in [4.69, 9.17) is 0 Å². The third-order valence-electron chi connectivity index (χ3n) is 2.43. The van der Waals surface area contributed by atoms with Crippen LogP contribution in [0.25, 0.3) is 0 Å². The summed E-state index contributed by atoms with van der Waals surface area (Å²) >= 11 is 0. The molecule has 0 unspecified atom stereocenters. The molecule has 18 heavy (non-hydrogen) atoms. The average Bonchev–Trinajstić information content (AvgIpc) is 2.42. The van der Waals surface area contributed by atoms with Gasteiger partial charge >= 0.3 is 0 Å². The molecule has 92 valence electrons. The van der Waals surface area contributed by atoms with Crippen molar-refractivity contribution in [3.63, 3.8) is 0 Å². The lowest BCUT2D eigenvalue weighted by molar-refractivity contribution is -0.130. The van der Waals surface area contributed by atoms with Crippen LogP contribution in [-0.2, 0) is 11.3 Å². The molecule has 1 amide bonds. The molecule has 0 aromatic heterocycles. The van der Waals surface area contributed by atoms with Crippen molar-refractivity contribution in [1.29, 1.82) is 0 Å². The molecule has 0 heterocycles. The van der Waals surface area contributed by atoms with Crippen molar-refractivity contribution in [1.82, 2.24) is 4.90 Å². The Bertz CT molecular complexity index is 497. The molecule has 1 aromatic rings. The van der Waals surface area contributed by atoms with Crippen LogP contribution < -0.4 is 0 Å². The van der Waals surface area contributed by atoms with Crippen LogP contribution in [0.5, 0.6) is 0 Å². The highest BCUT2D eigenvalue weighted by atomic mass is 16.2. The van der Waals surface area contributed by atoms with Gasteiger partial charge in [-0.3, -0.25) is 4.79 Å². The zero-order valence-corrected chi connectivity index (χ0v) is 10.9. The third-order valence-corrected chi connectivity index (χ3v) is 2.43. The van der Waals surface area contributed by atoms with Crippen molar-refractivity contribution in [2.75, 3.05) is 6.54 Å². The van der Waals surface area contributed by atoms with Crippen molar-refractivity contribution in [3.05, 3.63) is 35.9 Å². The molecule has 0 N–H and O–H groups in total. The molecule has 2 heteroatoms. The molecule has 0 bridgehead atoms. The van der Waals surface area contributed by atoms with Gasteiger partial charge in [-0.25, -0.2) is 0 Å². The zero-order chi connectivity index (χ0) is 13.2. The molecular weight excluding hydrogens is 222 g/mol. The molecular formula is C16H17NO. The van der Waals surface area contributed by atoms with Gasteiger partial charge in [-0.15, -0.1) is 11.8 Å². The number of hydrogen-bond donors (Lipinski definition) is 0. The van der Waals surface area contributed by atoms with E-state index >= 15 is 0 Å². The quantitative estimate of drug-likeness (QED) is 0.739. The van der Waals surface area contributed by atoms with E-state index in [-0.39, 0.29) is 12.3 Å². The number of nitrogens with zero attached hydrogens (tertiary/aromatic N) is 1. The topological polar surface area (TPSA) is 20.3 Å². The van der Waals surface area contributed by atoms with Gasteiger partial charge in [0.15, 0.2) is 0 Å². The van der Waals surface area contributed by atoms with Crippen LogP contribution in [0.2, 0.25) is 0 Å². The number of rotatable bonds is 4. The first-order chi connectivity index (χ1) is 8.77. The Kier molecular flexibility index (Phi) is 6.15. The highest BCUT2D eigenvalue weighted by Gasteiger charge is 2.11. The number of carbonyl (C=O) groups is 1. The first kappa shape index (κ1) is 13.9. The lowest BCUT2D eigenvalue weighted by Crippen LogP contribution is -2.30. The lowest BCUT2D eigenvalue weighted by atomic mass is 10.2. The summed E-state index contributed by atoms with van der Waals surface area (Å²) in [5, 5.41) is 0. The van der Waals surface area contributed by atoms with Crippen molar-refractivity contribution >= 4 is 5.91 Å². The maximum absolute atomic E-state index is 12.0. The van der Waals surface area contributed by atoms with E-state index in [1.807, 2.05) is 30.3 Å². The smallest absolute Gasteiger partial charge is 0.235 e. The maximum atomic E-state index is 12.0. The van der Waals surface area contributed by atoms with Gasteiger partial charge in [0.2, 0.25) is 5.91 Å². The molecule has 2 nitrogen and oxygen atoms in total. The Morgan fingerprint density at radius 1 is 1.11 bits per heavy atom. The van der Waals surface area contributed by atoms with Crippen LogP contribution in [0, 0.1) is 23.7 Å². The van der Waals surface area contributed by atoms with Crippen molar-refractivity contribution in [2.24, 2.45) is 0 Å². The summed E-state index contributed by atoms with van der Waals surface area (Å²) in [6.07, 6.45) is 0.259. The molecule has 1 rings (SSSR count). The second-order valence-corrected chi connectivity index (χ2v) is 3.77. The van der Waals surface area contributed by atoms with Crippen LogP contribution in [0.4, 0.5) is 0 Å². The maximum Gasteiger partial charge on any atom is 0.235 e. The molecule has 0 aliphatic carbocycles. The van der Waals surface area contributed by atoms with Crippen LogP contribution in [0.15, 0.2) is 30.3 Å². The molecule has 0 spiro atoms. The van der Waals surface area contributed by atoms with Crippen molar-refractivity contribution in [2.45, 2.75) is 26.8 Å². The van der Waals surface area contributed by atoms with Gasteiger partial charge in [0, 0.05) is 6.54 Å². The molecule has 0 aliphatic rings. The highest BCUT2D eigenvalue weighted by Crippen LogP contribution is 2.05. The van der Waals surface area contributed by atoms with Crippen LogP contribution >= 0.6 is 0 Å². The molecule has 0 fully saturated rings.